The molecule has 2 aromatic heterocycles. The second-order valence-corrected chi connectivity index (χ2v) is 14.1. The highest BCUT2D eigenvalue weighted by molar-refractivity contribution is 7.89. The third kappa shape index (κ3) is 7.75. The molecule has 2 atom stereocenters. The minimum atomic E-state index is -5.35. The molecular weight excluding hydrogens is 692 g/mol. The largest absolute Gasteiger partial charge is 0.461 e. The molecular formula is C27H26F8N4O6S2. The predicted molar refractivity (Wildman–Crippen MR) is 149 cm³/mol. The van der Waals surface area contributed by atoms with Crippen molar-refractivity contribution in [1.82, 2.24) is 19.8 Å². The van der Waals surface area contributed by atoms with E-state index in [0.717, 1.165) is 4.90 Å². The van der Waals surface area contributed by atoms with Crippen molar-refractivity contribution < 1.29 is 62.4 Å². The quantitative estimate of drug-likeness (QED) is 0.185. The van der Waals surface area contributed by atoms with Gasteiger partial charge in [-0.25, -0.2) is 35.4 Å². The smallest absolute Gasteiger partial charge is 0.404 e. The Morgan fingerprint density at radius 3 is 2.49 bits per heavy atom. The van der Waals surface area contributed by atoms with E-state index in [1.165, 1.54) is 17.7 Å². The first-order valence-electron chi connectivity index (χ1n) is 13.5. The fraction of sp³-hybridized carbons (Fsp3) is 0.481. The van der Waals surface area contributed by atoms with Gasteiger partial charge in [0, 0.05) is 30.5 Å². The first-order valence-corrected chi connectivity index (χ1v) is 15.8. The van der Waals surface area contributed by atoms with E-state index in [0.29, 0.717) is 30.4 Å². The maximum absolute atomic E-state index is 15.6. The number of halogens is 8. The standard InChI is InChI=1S/C27H26F8N4O6S2/c1-12-8-26(31,32)10-39(12)24(41)20-21(46-23(36-20)16-7-14(45-37-16)9-25(3,4)44-11-40)15-5-6-17(19(28)18(15)22(29)30)47(42,43)38-13(2)27(33,34)35/h5-7,11-13,22,38H,8-10H2,1-4H3/t12-,13-/m0/s1. The van der Waals surface area contributed by atoms with E-state index in [1.807, 2.05) is 0 Å². The SMILES string of the molecule is C[C@H](NS(=O)(=O)c1ccc(-c2sc(-c3cc(CC(C)(C)OC=O)on3)nc2C(=O)N2CC(F)(F)C[C@@H]2C)c(C(F)F)c1F)C(F)(F)F. The third-order valence-corrected chi connectivity index (χ3v) is 9.75. The van der Waals surface area contributed by atoms with Gasteiger partial charge >= 0.3 is 6.18 Å². The number of likely N-dealkylation sites (tertiary alicyclic amines) is 1. The van der Waals surface area contributed by atoms with Crippen molar-refractivity contribution in [2.75, 3.05) is 6.54 Å². The summed E-state index contributed by atoms with van der Waals surface area (Å²) in [6.07, 6.45) is -9.59. The molecule has 47 heavy (non-hydrogen) atoms. The highest BCUT2D eigenvalue weighted by Gasteiger charge is 2.46. The normalized spacial score (nSPS) is 17.7. The van der Waals surface area contributed by atoms with Crippen LogP contribution in [0.4, 0.5) is 35.1 Å². The van der Waals surface area contributed by atoms with Gasteiger partial charge < -0.3 is 14.2 Å². The number of nitrogens with one attached hydrogen (secondary N) is 1. The number of hydrogen-bond acceptors (Lipinski definition) is 9. The maximum Gasteiger partial charge on any atom is 0.404 e. The van der Waals surface area contributed by atoms with Crippen LogP contribution in [-0.2, 0) is 26.0 Å². The Labute approximate surface area is 266 Å². The summed E-state index contributed by atoms with van der Waals surface area (Å²) < 4.78 is 149. The Bertz CT molecular complexity index is 1770. The van der Waals surface area contributed by atoms with Crippen LogP contribution in [0.2, 0.25) is 0 Å². The Kier molecular flexibility index (Phi) is 9.82. The highest BCUT2D eigenvalue weighted by Crippen LogP contribution is 2.44. The molecule has 0 aliphatic carbocycles. The number of rotatable bonds is 11. The van der Waals surface area contributed by atoms with Gasteiger partial charge in [-0.1, -0.05) is 11.2 Å². The van der Waals surface area contributed by atoms with E-state index in [9.17, 15) is 48.7 Å². The van der Waals surface area contributed by atoms with Crippen molar-refractivity contribution >= 4 is 33.7 Å². The summed E-state index contributed by atoms with van der Waals surface area (Å²) in [6.45, 7) is 4.02. The number of ether oxygens (including phenoxy) is 1. The van der Waals surface area contributed by atoms with Crippen molar-refractivity contribution in [3.05, 3.63) is 41.0 Å². The van der Waals surface area contributed by atoms with Crippen molar-refractivity contribution in [2.24, 2.45) is 0 Å². The zero-order valence-corrected chi connectivity index (χ0v) is 26.4. The van der Waals surface area contributed by atoms with E-state index in [2.05, 4.69) is 10.1 Å². The number of thiazole rings is 1. The molecule has 1 fully saturated rings. The number of amides is 1. The average molecular weight is 719 g/mol. The fourth-order valence-corrected chi connectivity index (χ4v) is 7.19. The molecule has 258 valence electrons. The second kappa shape index (κ2) is 12.8. The van der Waals surface area contributed by atoms with Crippen molar-refractivity contribution in [1.29, 1.82) is 0 Å². The molecule has 10 nitrogen and oxygen atoms in total. The van der Waals surface area contributed by atoms with E-state index >= 15 is 4.39 Å². The van der Waals surface area contributed by atoms with Crippen LogP contribution in [0.25, 0.3) is 21.1 Å². The number of alkyl halides is 7. The third-order valence-electron chi connectivity index (χ3n) is 7.08. The van der Waals surface area contributed by atoms with E-state index in [-0.39, 0.29) is 29.4 Å². The molecule has 1 aromatic carbocycles. The lowest BCUT2D eigenvalue weighted by Crippen LogP contribution is -2.43. The van der Waals surface area contributed by atoms with Crippen LogP contribution in [0.5, 0.6) is 0 Å². The second-order valence-electron chi connectivity index (χ2n) is 11.4. The lowest BCUT2D eigenvalue weighted by molar-refractivity contribution is -0.147. The molecule has 0 unspecified atom stereocenters. The zero-order chi connectivity index (χ0) is 35.3. The topological polar surface area (TPSA) is 132 Å². The Hall–Kier alpha value is -3.65. The van der Waals surface area contributed by atoms with Crippen LogP contribution < -0.4 is 4.72 Å². The molecule has 1 N–H and O–H groups in total. The van der Waals surface area contributed by atoms with Crippen molar-refractivity contribution in [2.45, 2.75) is 81.6 Å². The molecule has 1 aliphatic rings. The molecule has 0 spiro atoms. The van der Waals surface area contributed by atoms with Crippen LogP contribution in [0, 0.1) is 5.82 Å². The number of sulfonamides is 1. The summed E-state index contributed by atoms with van der Waals surface area (Å²) in [5.74, 6) is -6.38. The minimum Gasteiger partial charge on any atom is -0.461 e. The molecule has 0 radical (unpaired) electrons. The van der Waals surface area contributed by atoms with Crippen molar-refractivity contribution in [3.63, 3.8) is 0 Å². The van der Waals surface area contributed by atoms with Crippen LogP contribution in [-0.4, -0.2) is 72.2 Å². The van der Waals surface area contributed by atoms with Crippen LogP contribution in [0.15, 0.2) is 27.6 Å². The Balaban J connectivity index is 1.87. The Morgan fingerprint density at radius 2 is 1.94 bits per heavy atom. The number of carbonyl (C=O) groups excluding carboxylic acids is 2. The molecule has 1 saturated heterocycles. The molecule has 3 heterocycles. The summed E-state index contributed by atoms with van der Waals surface area (Å²) >= 11 is 0.493. The van der Waals surface area contributed by atoms with E-state index < -0.39 is 97.5 Å². The van der Waals surface area contributed by atoms with Gasteiger partial charge in [-0.05, 0) is 33.8 Å². The first kappa shape index (κ1) is 36.2. The molecule has 4 rings (SSSR count). The summed E-state index contributed by atoms with van der Waals surface area (Å²) in [5, 5.41) is 3.65. The first-order chi connectivity index (χ1) is 21.6. The van der Waals surface area contributed by atoms with Gasteiger partial charge in [-0.2, -0.15) is 17.9 Å². The average Bonchev–Trinajstić information content (AvgIpc) is 3.63. The molecule has 20 heteroatoms. The Morgan fingerprint density at radius 1 is 1.28 bits per heavy atom. The van der Waals surface area contributed by atoms with Gasteiger partial charge in [0.15, 0.2) is 5.82 Å². The lowest BCUT2D eigenvalue weighted by Gasteiger charge is -2.21. The number of aromatic nitrogens is 2. The maximum atomic E-state index is 15.6. The monoisotopic (exact) mass is 718 g/mol. The summed E-state index contributed by atoms with van der Waals surface area (Å²) in [6, 6.07) is -1.34. The summed E-state index contributed by atoms with van der Waals surface area (Å²) in [5.41, 5.74) is -4.16. The van der Waals surface area contributed by atoms with Gasteiger partial charge in [0.2, 0.25) is 10.0 Å². The van der Waals surface area contributed by atoms with Crippen LogP contribution >= 0.6 is 11.3 Å². The minimum absolute atomic E-state index is 0.000798. The number of benzene rings is 1. The highest BCUT2D eigenvalue weighted by atomic mass is 32.2. The van der Waals surface area contributed by atoms with Crippen LogP contribution in [0.3, 0.4) is 0 Å². The number of hydrogen-bond donors (Lipinski definition) is 1. The lowest BCUT2D eigenvalue weighted by atomic mass is 10.0. The summed E-state index contributed by atoms with van der Waals surface area (Å²) in [7, 11) is -5.35. The number of carbonyl (C=O) groups is 2. The molecule has 3 aromatic rings. The summed E-state index contributed by atoms with van der Waals surface area (Å²) in [4.78, 5) is 27.3. The molecule has 0 bridgehead atoms. The number of nitrogens with zero attached hydrogens (tertiary/aromatic N) is 3. The van der Waals surface area contributed by atoms with E-state index in [1.54, 1.807) is 13.8 Å². The molecule has 1 amide bonds. The van der Waals surface area contributed by atoms with Gasteiger partial charge in [-0.15, -0.1) is 11.3 Å². The van der Waals surface area contributed by atoms with Gasteiger partial charge in [0.05, 0.1) is 17.0 Å². The van der Waals surface area contributed by atoms with Gasteiger partial charge in [0.1, 0.15) is 38.7 Å². The van der Waals surface area contributed by atoms with Gasteiger partial charge in [0.25, 0.3) is 24.7 Å². The fourth-order valence-electron chi connectivity index (χ4n) is 4.82. The molecule has 1 aliphatic heterocycles. The predicted octanol–water partition coefficient (Wildman–Crippen LogP) is 6.13. The van der Waals surface area contributed by atoms with E-state index in [4.69, 9.17) is 9.26 Å². The van der Waals surface area contributed by atoms with Gasteiger partial charge in [-0.3, -0.25) is 9.59 Å². The van der Waals surface area contributed by atoms with Crippen LogP contribution in [0.1, 0.15) is 62.4 Å². The van der Waals surface area contributed by atoms with Crippen molar-refractivity contribution in [3.8, 4) is 21.1 Å². The zero-order valence-electron chi connectivity index (χ0n) is 24.8. The molecule has 0 saturated carbocycles.